The van der Waals surface area contributed by atoms with E-state index in [0.29, 0.717) is 18.8 Å². The molecule has 25 heavy (non-hydrogen) atoms. The smallest absolute Gasteiger partial charge is 0.267 e. The summed E-state index contributed by atoms with van der Waals surface area (Å²) in [5.74, 6) is 0. The van der Waals surface area contributed by atoms with Crippen LogP contribution in [0.5, 0.6) is 0 Å². The van der Waals surface area contributed by atoms with E-state index in [2.05, 4.69) is 5.10 Å². The van der Waals surface area contributed by atoms with Gasteiger partial charge in [-0.25, -0.2) is 8.42 Å². The number of benzene rings is 2. The van der Waals surface area contributed by atoms with Crippen molar-refractivity contribution >= 4 is 15.7 Å². The minimum atomic E-state index is -3.60. The number of rotatable bonds is 4. The summed E-state index contributed by atoms with van der Waals surface area (Å²) in [5.41, 5.74) is 3.46. The lowest BCUT2D eigenvalue weighted by Gasteiger charge is -2.18. The quantitative estimate of drug-likeness (QED) is 0.724. The van der Waals surface area contributed by atoms with Gasteiger partial charge in [-0.2, -0.15) is 5.10 Å². The van der Waals surface area contributed by atoms with Gasteiger partial charge < -0.3 is 0 Å². The van der Waals surface area contributed by atoms with E-state index in [-0.39, 0.29) is 4.90 Å². The molecule has 0 saturated carbocycles. The fraction of sp³-hybridized carbons (Fsp3) is 0.211. The highest BCUT2D eigenvalue weighted by Crippen LogP contribution is 2.33. The Balaban J connectivity index is 1.68. The van der Waals surface area contributed by atoms with Gasteiger partial charge in [0, 0.05) is 12.7 Å². The Bertz CT molecular complexity index is 1010. The number of aromatic nitrogens is 2. The molecule has 0 spiro atoms. The molecule has 3 aromatic rings. The van der Waals surface area contributed by atoms with Gasteiger partial charge >= 0.3 is 0 Å². The summed E-state index contributed by atoms with van der Waals surface area (Å²) in [5, 5.41) is 4.41. The number of aryl methyl sites for hydroxylation is 1. The molecule has 0 amide bonds. The van der Waals surface area contributed by atoms with Crippen LogP contribution in [-0.2, 0) is 23.0 Å². The molecule has 0 aliphatic carbocycles. The van der Waals surface area contributed by atoms with Crippen molar-refractivity contribution in [3.05, 3.63) is 77.6 Å². The molecule has 6 heteroatoms. The number of hydrogen-bond acceptors (Lipinski definition) is 3. The zero-order valence-electron chi connectivity index (χ0n) is 14.0. The van der Waals surface area contributed by atoms with Gasteiger partial charge in [0.15, 0.2) is 0 Å². The molecule has 1 aliphatic heterocycles. The first kappa shape index (κ1) is 15.9. The standard InChI is InChI=1S/C19H19N3O2S/c1-15-19(14-21(20-15)13-16-7-3-2-4-8-16)25(23,24)22-12-11-17-9-5-6-10-18(17)22/h2-10,14H,11-13H2,1H3. The lowest BCUT2D eigenvalue weighted by molar-refractivity contribution is 0.591. The van der Waals surface area contributed by atoms with Crippen molar-refractivity contribution in [1.82, 2.24) is 9.78 Å². The minimum absolute atomic E-state index is 0.278. The molecule has 1 aliphatic rings. The summed E-state index contributed by atoms with van der Waals surface area (Å²) in [6, 6.07) is 17.5. The minimum Gasteiger partial charge on any atom is -0.267 e. The molecular formula is C19H19N3O2S. The largest absolute Gasteiger partial charge is 0.267 e. The first-order valence-corrected chi connectivity index (χ1v) is 9.68. The van der Waals surface area contributed by atoms with Crippen molar-refractivity contribution in [1.29, 1.82) is 0 Å². The van der Waals surface area contributed by atoms with E-state index in [4.69, 9.17) is 0 Å². The molecule has 0 N–H and O–H groups in total. The second-order valence-corrected chi connectivity index (χ2v) is 8.05. The molecular weight excluding hydrogens is 334 g/mol. The number of anilines is 1. The molecule has 0 unspecified atom stereocenters. The highest BCUT2D eigenvalue weighted by molar-refractivity contribution is 7.92. The van der Waals surface area contributed by atoms with Gasteiger partial charge in [-0.1, -0.05) is 48.5 Å². The van der Waals surface area contributed by atoms with Crippen molar-refractivity contribution < 1.29 is 8.42 Å². The van der Waals surface area contributed by atoms with Crippen molar-refractivity contribution in [3.8, 4) is 0 Å². The second kappa shape index (κ2) is 6.04. The number of sulfonamides is 1. The van der Waals surface area contributed by atoms with Crippen LogP contribution in [0.2, 0.25) is 0 Å². The summed E-state index contributed by atoms with van der Waals surface area (Å²) >= 11 is 0. The fourth-order valence-electron chi connectivity index (χ4n) is 3.28. The Morgan fingerprint density at radius 3 is 2.56 bits per heavy atom. The topological polar surface area (TPSA) is 55.2 Å². The van der Waals surface area contributed by atoms with Gasteiger partial charge in [0.2, 0.25) is 0 Å². The van der Waals surface area contributed by atoms with Crippen LogP contribution < -0.4 is 4.31 Å². The van der Waals surface area contributed by atoms with Crippen LogP contribution in [0.4, 0.5) is 5.69 Å². The van der Waals surface area contributed by atoms with Crippen LogP contribution in [0.25, 0.3) is 0 Å². The third-order valence-electron chi connectivity index (χ3n) is 4.50. The van der Waals surface area contributed by atoms with Crippen LogP contribution in [0, 0.1) is 6.92 Å². The average Bonchev–Trinajstić information content (AvgIpc) is 3.20. The van der Waals surface area contributed by atoms with Gasteiger partial charge in [-0.15, -0.1) is 0 Å². The van der Waals surface area contributed by atoms with Crippen molar-refractivity contribution in [3.63, 3.8) is 0 Å². The van der Waals surface area contributed by atoms with Gasteiger partial charge in [-0.05, 0) is 30.5 Å². The van der Waals surface area contributed by atoms with Gasteiger partial charge in [0.25, 0.3) is 10.0 Å². The maximum atomic E-state index is 13.2. The van der Waals surface area contributed by atoms with E-state index < -0.39 is 10.0 Å². The third kappa shape index (κ3) is 2.82. The van der Waals surface area contributed by atoms with Crippen LogP contribution >= 0.6 is 0 Å². The first-order chi connectivity index (χ1) is 12.1. The molecule has 2 aromatic carbocycles. The summed E-state index contributed by atoms with van der Waals surface area (Å²) in [4.78, 5) is 0.278. The zero-order chi connectivity index (χ0) is 17.4. The Labute approximate surface area is 147 Å². The number of hydrogen-bond donors (Lipinski definition) is 0. The van der Waals surface area contributed by atoms with Crippen LogP contribution in [0.15, 0.2) is 65.7 Å². The highest BCUT2D eigenvalue weighted by atomic mass is 32.2. The van der Waals surface area contributed by atoms with E-state index in [1.54, 1.807) is 17.8 Å². The first-order valence-electron chi connectivity index (χ1n) is 8.24. The lowest BCUT2D eigenvalue weighted by Crippen LogP contribution is -2.29. The van der Waals surface area contributed by atoms with E-state index in [9.17, 15) is 8.42 Å². The molecule has 0 bridgehead atoms. The molecule has 0 saturated heterocycles. The molecule has 1 aromatic heterocycles. The van der Waals surface area contributed by atoms with E-state index in [1.165, 1.54) is 4.31 Å². The number of para-hydroxylation sites is 1. The van der Waals surface area contributed by atoms with Crippen LogP contribution in [0.1, 0.15) is 16.8 Å². The summed E-state index contributed by atoms with van der Waals surface area (Å²) in [6.07, 6.45) is 2.38. The summed E-state index contributed by atoms with van der Waals surface area (Å²) < 4.78 is 29.5. The lowest BCUT2D eigenvalue weighted by atomic mass is 10.2. The van der Waals surface area contributed by atoms with E-state index in [0.717, 1.165) is 23.2 Å². The third-order valence-corrected chi connectivity index (χ3v) is 6.42. The van der Waals surface area contributed by atoms with Gasteiger partial charge in [-0.3, -0.25) is 8.99 Å². The molecule has 0 radical (unpaired) electrons. The van der Waals surface area contributed by atoms with Gasteiger partial charge in [0.05, 0.1) is 17.9 Å². The maximum absolute atomic E-state index is 13.2. The zero-order valence-corrected chi connectivity index (χ0v) is 14.8. The Hall–Kier alpha value is -2.60. The SMILES string of the molecule is Cc1nn(Cc2ccccc2)cc1S(=O)(=O)N1CCc2ccccc21. The normalized spacial score (nSPS) is 13.9. The predicted octanol–water partition coefficient (Wildman–Crippen LogP) is 2.99. The number of nitrogens with zero attached hydrogens (tertiary/aromatic N) is 3. The Kier molecular flexibility index (Phi) is 3.84. The van der Waals surface area contributed by atoms with E-state index >= 15 is 0 Å². The fourth-order valence-corrected chi connectivity index (χ4v) is 4.96. The molecule has 128 valence electrons. The van der Waals surface area contributed by atoms with E-state index in [1.807, 2.05) is 54.6 Å². The molecule has 4 rings (SSSR count). The average molecular weight is 353 g/mol. The summed E-state index contributed by atoms with van der Waals surface area (Å²) in [7, 11) is -3.60. The Morgan fingerprint density at radius 1 is 1.04 bits per heavy atom. The van der Waals surface area contributed by atoms with Gasteiger partial charge in [0.1, 0.15) is 4.90 Å². The molecule has 2 heterocycles. The molecule has 5 nitrogen and oxygen atoms in total. The van der Waals surface area contributed by atoms with Crippen molar-refractivity contribution in [2.45, 2.75) is 24.8 Å². The predicted molar refractivity (Wildman–Crippen MR) is 97.2 cm³/mol. The number of fused-ring (bicyclic) bond motifs is 1. The second-order valence-electron chi connectivity index (χ2n) is 6.22. The monoisotopic (exact) mass is 353 g/mol. The highest BCUT2D eigenvalue weighted by Gasteiger charge is 2.33. The van der Waals surface area contributed by atoms with Crippen molar-refractivity contribution in [2.75, 3.05) is 10.8 Å². The summed E-state index contributed by atoms with van der Waals surface area (Å²) in [6.45, 7) is 2.77. The molecule has 0 fully saturated rings. The van der Waals surface area contributed by atoms with Crippen molar-refractivity contribution in [2.24, 2.45) is 0 Å². The van der Waals surface area contributed by atoms with Crippen LogP contribution in [0.3, 0.4) is 0 Å². The van der Waals surface area contributed by atoms with Crippen LogP contribution in [-0.4, -0.2) is 24.7 Å². The molecule has 0 atom stereocenters. The Morgan fingerprint density at radius 2 is 1.76 bits per heavy atom. The maximum Gasteiger partial charge on any atom is 0.267 e.